The van der Waals surface area contributed by atoms with Crippen molar-refractivity contribution < 1.29 is 9.63 Å². The van der Waals surface area contributed by atoms with E-state index in [1.165, 1.54) is 11.1 Å². The molecule has 1 unspecified atom stereocenters. The lowest BCUT2D eigenvalue weighted by Crippen LogP contribution is -2.48. The van der Waals surface area contributed by atoms with Crippen molar-refractivity contribution in [1.29, 1.82) is 0 Å². The Morgan fingerprint density at radius 2 is 1.91 bits per heavy atom. The molecule has 1 amide bonds. The summed E-state index contributed by atoms with van der Waals surface area (Å²) in [7, 11) is 3.55. The first-order valence-electron chi connectivity index (χ1n) is 12.6. The smallest absolute Gasteiger partial charge is 0.225 e. The Kier molecular flexibility index (Phi) is 8.32. The molecule has 8 heteroatoms. The number of amides is 1. The molecule has 2 saturated heterocycles. The number of nitrogens with one attached hydrogen (secondary N) is 3. The summed E-state index contributed by atoms with van der Waals surface area (Å²) in [6.45, 7) is 7.49. The third-order valence-corrected chi connectivity index (χ3v) is 7.39. The van der Waals surface area contributed by atoms with Gasteiger partial charge in [0.2, 0.25) is 5.91 Å². The van der Waals surface area contributed by atoms with Crippen molar-refractivity contribution in [1.82, 2.24) is 25.8 Å². The number of carbonyl (C=O) groups excluding carboxylic acids is 1. The fourth-order valence-electron chi connectivity index (χ4n) is 5.42. The summed E-state index contributed by atoms with van der Waals surface area (Å²) in [5.74, 6) is 1.90. The molecular formula is C26H40N6O2. The second-order valence-corrected chi connectivity index (χ2v) is 9.71. The van der Waals surface area contributed by atoms with Crippen LogP contribution in [-0.4, -0.2) is 80.9 Å². The van der Waals surface area contributed by atoms with Crippen molar-refractivity contribution in [2.24, 2.45) is 17.0 Å². The Labute approximate surface area is 203 Å². The highest BCUT2D eigenvalue weighted by atomic mass is 16.6. The predicted molar refractivity (Wildman–Crippen MR) is 136 cm³/mol. The van der Waals surface area contributed by atoms with E-state index in [0.717, 1.165) is 76.5 Å². The second-order valence-electron chi connectivity index (χ2n) is 9.71. The van der Waals surface area contributed by atoms with Crippen molar-refractivity contribution in [3.63, 3.8) is 0 Å². The van der Waals surface area contributed by atoms with E-state index in [2.05, 4.69) is 62.1 Å². The largest absolute Gasteiger partial charge is 0.399 e. The van der Waals surface area contributed by atoms with E-state index in [-0.39, 0.29) is 12.0 Å². The van der Waals surface area contributed by atoms with Crippen LogP contribution in [0.1, 0.15) is 32.6 Å². The molecule has 4 rings (SSSR count). The molecule has 0 saturated carbocycles. The van der Waals surface area contributed by atoms with Crippen LogP contribution in [0.25, 0.3) is 0 Å². The SMILES string of the molecule is CNC1=CC(CN2CCC(C(=O)N3CCC(/C(=N/OC)C4C=C(C)C=CN4)CC3)CC2)=CCN1. The summed E-state index contributed by atoms with van der Waals surface area (Å²) in [6.07, 6.45) is 14.4. The first-order valence-corrected chi connectivity index (χ1v) is 12.6. The molecule has 0 bridgehead atoms. The maximum absolute atomic E-state index is 13.3. The highest BCUT2D eigenvalue weighted by Gasteiger charge is 2.34. The molecule has 4 aliphatic rings. The van der Waals surface area contributed by atoms with Crippen LogP contribution in [-0.2, 0) is 9.63 Å². The maximum atomic E-state index is 13.3. The average Bonchev–Trinajstić information content (AvgIpc) is 2.87. The quantitative estimate of drug-likeness (QED) is 0.392. The summed E-state index contributed by atoms with van der Waals surface area (Å²) >= 11 is 0. The standard InChI is InChI=1S/C26H40N6O2/c1-19-4-10-28-23(16-19)25(30-34-3)21-8-14-32(15-9-21)26(33)22-6-12-31(13-7-22)18-20-5-11-29-24(17-20)27-2/h4-5,10,16-17,21-23,27-29H,6-9,11-15,18H2,1-3H3/b30-25-. The lowest BCUT2D eigenvalue weighted by atomic mass is 9.86. The highest BCUT2D eigenvalue weighted by molar-refractivity contribution is 5.93. The maximum Gasteiger partial charge on any atom is 0.225 e. The van der Waals surface area contributed by atoms with Crippen LogP contribution in [0.4, 0.5) is 0 Å². The molecule has 1 atom stereocenters. The lowest BCUT2D eigenvalue weighted by Gasteiger charge is -2.38. The second kappa shape index (κ2) is 11.6. The van der Waals surface area contributed by atoms with Gasteiger partial charge in [0.25, 0.3) is 0 Å². The molecule has 0 aromatic heterocycles. The first-order chi connectivity index (χ1) is 16.6. The van der Waals surface area contributed by atoms with Gasteiger partial charge in [-0.3, -0.25) is 9.69 Å². The minimum absolute atomic E-state index is 0.0654. The normalized spacial score (nSPS) is 25.0. The molecule has 0 aliphatic carbocycles. The lowest BCUT2D eigenvalue weighted by molar-refractivity contribution is -0.138. The number of carbonyl (C=O) groups is 1. The number of likely N-dealkylation sites (tertiary alicyclic amines) is 2. The van der Waals surface area contributed by atoms with Gasteiger partial charge < -0.3 is 25.7 Å². The minimum atomic E-state index is 0.0654. The summed E-state index contributed by atoms with van der Waals surface area (Å²) < 4.78 is 0. The summed E-state index contributed by atoms with van der Waals surface area (Å²) in [4.78, 5) is 23.0. The molecule has 3 N–H and O–H groups in total. The zero-order valence-electron chi connectivity index (χ0n) is 20.8. The molecular weight excluding hydrogens is 428 g/mol. The fraction of sp³-hybridized carbons (Fsp3) is 0.615. The van der Waals surface area contributed by atoms with Gasteiger partial charge in [0, 0.05) is 45.1 Å². The number of allylic oxidation sites excluding steroid dienone is 2. The molecule has 4 heterocycles. The molecule has 8 nitrogen and oxygen atoms in total. The third-order valence-electron chi connectivity index (χ3n) is 7.39. The van der Waals surface area contributed by atoms with Crippen molar-refractivity contribution in [3.8, 4) is 0 Å². The number of oxime groups is 1. The highest BCUT2D eigenvalue weighted by Crippen LogP contribution is 2.26. The van der Waals surface area contributed by atoms with Crippen LogP contribution in [0.2, 0.25) is 0 Å². The van der Waals surface area contributed by atoms with E-state index in [1.807, 2.05) is 13.2 Å². The van der Waals surface area contributed by atoms with Crippen molar-refractivity contribution in [2.45, 2.75) is 38.6 Å². The number of dihydropyridines is 2. The van der Waals surface area contributed by atoms with Crippen LogP contribution >= 0.6 is 0 Å². The van der Waals surface area contributed by atoms with Gasteiger partial charge >= 0.3 is 0 Å². The minimum Gasteiger partial charge on any atom is -0.399 e. The zero-order chi connectivity index (χ0) is 23.9. The van der Waals surface area contributed by atoms with Gasteiger partial charge in [0.1, 0.15) is 7.11 Å². The average molecular weight is 469 g/mol. The number of hydrogen-bond donors (Lipinski definition) is 3. The van der Waals surface area contributed by atoms with Crippen LogP contribution < -0.4 is 16.0 Å². The van der Waals surface area contributed by atoms with E-state index < -0.39 is 0 Å². The van der Waals surface area contributed by atoms with Crippen molar-refractivity contribution >= 4 is 11.6 Å². The van der Waals surface area contributed by atoms with Crippen LogP contribution in [0.15, 0.2) is 52.6 Å². The summed E-state index contributed by atoms with van der Waals surface area (Å²) in [6, 6.07) is 0.0654. The van der Waals surface area contributed by atoms with Crippen LogP contribution in [0.3, 0.4) is 0 Å². The molecule has 34 heavy (non-hydrogen) atoms. The molecule has 4 aliphatic heterocycles. The first kappa shape index (κ1) is 24.4. The fourth-order valence-corrected chi connectivity index (χ4v) is 5.42. The third kappa shape index (κ3) is 6.03. The molecule has 0 radical (unpaired) electrons. The van der Waals surface area contributed by atoms with Gasteiger partial charge in [-0.15, -0.1) is 0 Å². The topological polar surface area (TPSA) is 81.2 Å². The molecule has 0 aromatic rings. The number of piperidine rings is 2. The molecule has 0 aromatic carbocycles. The number of hydrogen-bond acceptors (Lipinski definition) is 7. The van der Waals surface area contributed by atoms with E-state index >= 15 is 0 Å². The molecule has 2 fully saturated rings. The van der Waals surface area contributed by atoms with E-state index in [4.69, 9.17) is 4.84 Å². The molecule has 186 valence electrons. The Balaban J connectivity index is 1.25. The van der Waals surface area contributed by atoms with E-state index in [9.17, 15) is 4.79 Å². The Morgan fingerprint density at radius 1 is 1.18 bits per heavy atom. The molecule has 0 spiro atoms. The van der Waals surface area contributed by atoms with Crippen LogP contribution in [0.5, 0.6) is 0 Å². The van der Waals surface area contributed by atoms with Gasteiger partial charge in [-0.25, -0.2) is 0 Å². The predicted octanol–water partition coefficient (Wildman–Crippen LogP) is 1.96. The van der Waals surface area contributed by atoms with Gasteiger partial charge in [-0.2, -0.15) is 0 Å². The number of nitrogens with zero attached hydrogens (tertiary/aromatic N) is 3. The van der Waals surface area contributed by atoms with Crippen LogP contribution in [0, 0.1) is 11.8 Å². The summed E-state index contributed by atoms with van der Waals surface area (Å²) in [5, 5.41) is 14.3. The van der Waals surface area contributed by atoms with Gasteiger partial charge in [-0.05, 0) is 69.6 Å². The Morgan fingerprint density at radius 3 is 2.59 bits per heavy atom. The van der Waals surface area contributed by atoms with Gasteiger partial charge in [-0.1, -0.05) is 22.9 Å². The monoisotopic (exact) mass is 468 g/mol. The Bertz CT molecular complexity index is 874. The van der Waals surface area contributed by atoms with Crippen molar-refractivity contribution in [2.75, 3.05) is 53.4 Å². The van der Waals surface area contributed by atoms with Gasteiger partial charge in [0.05, 0.1) is 17.6 Å². The summed E-state index contributed by atoms with van der Waals surface area (Å²) in [5.41, 5.74) is 3.60. The van der Waals surface area contributed by atoms with Gasteiger partial charge in [0.15, 0.2) is 0 Å². The van der Waals surface area contributed by atoms with E-state index in [0.29, 0.717) is 11.8 Å². The zero-order valence-corrected chi connectivity index (χ0v) is 20.8. The van der Waals surface area contributed by atoms with Crippen molar-refractivity contribution in [3.05, 3.63) is 47.5 Å². The van der Waals surface area contributed by atoms with E-state index in [1.54, 1.807) is 7.11 Å². The Hall–Kier alpha value is -2.74. The number of rotatable bonds is 7.